The van der Waals surface area contributed by atoms with E-state index in [1.807, 2.05) is 0 Å². The third-order valence-electron chi connectivity index (χ3n) is 1.48. The van der Waals surface area contributed by atoms with E-state index in [1.54, 1.807) is 0 Å². The van der Waals surface area contributed by atoms with Crippen LogP contribution in [0.15, 0.2) is 11.5 Å². The normalized spacial score (nSPS) is 20.7. The number of carbonyl (C=O) groups is 1. The number of aliphatic hydroxyl groups excluding tert-OH is 4. The van der Waals surface area contributed by atoms with E-state index in [1.165, 1.54) is 0 Å². The average molecular weight is 276 g/mol. The van der Waals surface area contributed by atoms with Crippen LogP contribution < -0.4 is 0 Å². The number of hydrogen-bond donors (Lipinski definition) is 4. The molecule has 0 bridgehead atoms. The molecule has 0 saturated carbocycles. The molecule has 9 heteroatoms. The number of esters is 1. The van der Waals surface area contributed by atoms with Crippen LogP contribution in [0.2, 0.25) is 0 Å². The SMILES string of the molecule is O=C1O[C@H]([C@@H](O)CO)C(O)=C1O.[OH-].[OH-].[Zn+2]. The summed E-state index contributed by atoms with van der Waals surface area (Å²) >= 11 is 0. The molecule has 0 aromatic rings. The number of rotatable bonds is 2. The second-order valence-corrected chi connectivity index (χ2v) is 2.31. The summed E-state index contributed by atoms with van der Waals surface area (Å²) in [4.78, 5) is 10.5. The van der Waals surface area contributed by atoms with Crippen molar-refractivity contribution in [2.45, 2.75) is 12.2 Å². The molecule has 8 nitrogen and oxygen atoms in total. The molecule has 0 aromatic heterocycles. The molecule has 1 aliphatic rings. The van der Waals surface area contributed by atoms with Crippen molar-refractivity contribution in [3.05, 3.63) is 11.5 Å². The van der Waals surface area contributed by atoms with Gasteiger partial charge < -0.3 is 36.1 Å². The summed E-state index contributed by atoms with van der Waals surface area (Å²) in [5, 5.41) is 35.0. The van der Waals surface area contributed by atoms with Gasteiger partial charge in [-0.2, -0.15) is 0 Å². The van der Waals surface area contributed by atoms with Gasteiger partial charge in [0.05, 0.1) is 6.61 Å². The first-order chi connectivity index (χ1) is 5.57. The third kappa shape index (κ3) is 3.73. The number of aliphatic hydroxyl groups is 4. The molecule has 15 heavy (non-hydrogen) atoms. The van der Waals surface area contributed by atoms with Crippen molar-refractivity contribution in [1.29, 1.82) is 0 Å². The first kappa shape index (κ1) is 19.8. The first-order valence-corrected chi connectivity index (χ1v) is 3.20. The molecular formula is C6H10O8Zn. The van der Waals surface area contributed by atoms with E-state index in [0.29, 0.717) is 0 Å². The zero-order valence-corrected chi connectivity index (χ0v) is 10.5. The minimum absolute atomic E-state index is 0. The second-order valence-electron chi connectivity index (χ2n) is 2.31. The number of ether oxygens (including phenoxy) is 1. The summed E-state index contributed by atoms with van der Waals surface area (Å²) in [5.74, 6) is -2.78. The monoisotopic (exact) mass is 274 g/mol. The molecule has 0 unspecified atom stereocenters. The summed E-state index contributed by atoms with van der Waals surface area (Å²) in [6, 6.07) is 0. The predicted molar refractivity (Wildman–Crippen MR) is 39.1 cm³/mol. The largest absolute Gasteiger partial charge is 2.00 e. The van der Waals surface area contributed by atoms with Gasteiger partial charge in [0.1, 0.15) is 6.10 Å². The van der Waals surface area contributed by atoms with Crippen LogP contribution in [0.4, 0.5) is 0 Å². The summed E-state index contributed by atoms with van der Waals surface area (Å²) in [6.45, 7) is -0.671. The Kier molecular flexibility index (Phi) is 9.96. The van der Waals surface area contributed by atoms with Crippen LogP contribution in [0.3, 0.4) is 0 Å². The molecule has 0 radical (unpaired) electrons. The standard InChI is InChI=1S/C6H8O6.2H2O.Zn/c7-1-2(8)5-3(9)4(10)6(11)12-5;;;/h2,5,7-10H,1H2;2*1H2;/q;;;+2/p-2/t2-,5+;;;/m0.../s1. The van der Waals surface area contributed by atoms with Gasteiger partial charge in [0.25, 0.3) is 0 Å². The van der Waals surface area contributed by atoms with Crippen molar-refractivity contribution in [2.75, 3.05) is 6.61 Å². The number of cyclic esters (lactones) is 1. The van der Waals surface area contributed by atoms with E-state index in [-0.39, 0.29) is 30.4 Å². The van der Waals surface area contributed by atoms with Crippen LogP contribution in [0, 0.1) is 0 Å². The van der Waals surface area contributed by atoms with Gasteiger partial charge >= 0.3 is 25.4 Å². The molecule has 0 aromatic carbocycles. The van der Waals surface area contributed by atoms with E-state index >= 15 is 0 Å². The Morgan fingerprint density at radius 1 is 1.33 bits per heavy atom. The Morgan fingerprint density at radius 3 is 2.07 bits per heavy atom. The summed E-state index contributed by atoms with van der Waals surface area (Å²) in [7, 11) is 0. The van der Waals surface area contributed by atoms with E-state index in [2.05, 4.69) is 4.74 Å². The van der Waals surface area contributed by atoms with Crippen LogP contribution in [-0.4, -0.2) is 56.2 Å². The minimum Gasteiger partial charge on any atom is -0.870 e. The molecule has 6 N–H and O–H groups in total. The summed E-state index contributed by atoms with van der Waals surface area (Å²) < 4.78 is 4.32. The minimum atomic E-state index is -1.42. The van der Waals surface area contributed by atoms with E-state index in [0.717, 1.165) is 0 Å². The summed E-state index contributed by atoms with van der Waals surface area (Å²) in [6.07, 6.45) is -2.78. The zero-order valence-electron chi connectivity index (χ0n) is 7.57. The van der Waals surface area contributed by atoms with Crippen LogP contribution in [0.1, 0.15) is 0 Å². The fourth-order valence-corrected chi connectivity index (χ4v) is 0.823. The summed E-state index contributed by atoms with van der Waals surface area (Å²) in [5.41, 5.74) is 0. The fourth-order valence-electron chi connectivity index (χ4n) is 0.823. The zero-order chi connectivity index (χ0) is 9.30. The molecule has 0 aliphatic carbocycles. The Morgan fingerprint density at radius 2 is 1.80 bits per heavy atom. The quantitative estimate of drug-likeness (QED) is 0.339. The van der Waals surface area contributed by atoms with Gasteiger partial charge in [-0.15, -0.1) is 0 Å². The van der Waals surface area contributed by atoms with Crippen molar-refractivity contribution in [3.8, 4) is 0 Å². The molecule has 1 aliphatic heterocycles. The molecule has 2 atom stereocenters. The molecule has 1 rings (SSSR count). The Bertz CT molecular complexity index is 239. The van der Waals surface area contributed by atoms with Crippen LogP contribution in [0.5, 0.6) is 0 Å². The molecular weight excluding hydrogens is 265 g/mol. The Hall–Kier alpha value is -0.727. The molecule has 0 amide bonds. The van der Waals surface area contributed by atoms with Crippen molar-refractivity contribution < 1.29 is 60.4 Å². The maximum atomic E-state index is 10.5. The van der Waals surface area contributed by atoms with Gasteiger partial charge in [-0.05, 0) is 0 Å². The molecule has 1 heterocycles. The van der Waals surface area contributed by atoms with Crippen molar-refractivity contribution in [2.24, 2.45) is 0 Å². The van der Waals surface area contributed by atoms with Crippen LogP contribution in [0.25, 0.3) is 0 Å². The maximum absolute atomic E-state index is 10.5. The van der Waals surface area contributed by atoms with Crippen molar-refractivity contribution in [1.82, 2.24) is 0 Å². The van der Waals surface area contributed by atoms with Gasteiger partial charge in [-0.25, -0.2) is 4.79 Å². The molecule has 84 valence electrons. The van der Waals surface area contributed by atoms with Gasteiger partial charge in [-0.1, -0.05) is 0 Å². The third-order valence-corrected chi connectivity index (χ3v) is 1.48. The molecule has 0 spiro atoms. The van der Waals surface area contributed by atoms with Gasteiger partial charge in [-0.3, -0.25) is 0 Å². The Labute approximate surface area is 97.2 Å². The first-order valence-electron chi connectivity index (χ1n) is 3.20. The number of carbonyl (C=O) groups excluding carboxylic acids is 1. The van der Waals surface area contributed by atoms with E-state index in [9.17, 15) is 4.79 Å². The smallest absolute Gasteiger partial charge is 0.870 e. The van der Waals surface area contributed by atoms with Gasteiger partial charge in [0, 0.05) is 0 Å². The van der Waals surface area contributed by atoms with Gasteiger partial charge in [0.2, 0.25) is 5.76 Å². The van der Waals surface area contributed by atoms with Crippen LogP contribution >= 0.6 is 0 Å². The molecule has 0 fully saturated rings. The average Bonchev–Trinajstić information content (AvgIpc) is 2.32. The molecule has 0 saturated heterocycles. The van der Waals surface area contributed by atoms with Crippen LogP contribution in [-0.2, 0) is 29.0 Å². The fraction of sp³-hybridized carbons (Fsp3) is 0.500. The van der Waals surface area contributed by atoms with E-state index < -0.39 is 36.3 Å². The predicted octanol–water partition coefficient (Wildman–Crippen LogP) is -1.76. The van der Waals surface area contributed by atoms with Crippen molar-refractivity contribution in [3.63, 3.8) is 0 Å². The maximum Gasteiger partial charge on any atom is 2.00 e. The Balaban J connectivity index is -0.000000480. The van der Waals surface area contributed by atoms with Gasteiger partial charge in [0.15, 0.2) is 11.9 Å². The van der Waals surface area contributed by atoms with Crippen molar-refractivity contribution >= 4 is 5.97 Å². The second kappa shape index (κ2) is 7.55. The number of hydrogen-bond acceptors (Lipinski definition) is 8. The topological polar surface area (TPSA) is 167 Å². The van der Waals surface area contributed by atoms with E-state index in [4.69, 9.17) is 20.4 Å².